The number of carboxylic acid groups (broad SMARTS) is 1. The Hall–Kier alpha value is -2.94. The number of aliphatic hydroxyl groups excluding tert-OH is 1. The first-order valence-electron chi connectivity index (χ1n) is 12.1. The van der Waals surface area contributed by atoms with Crippen LogP contribution in [0, 0.1) is 10.8 Å². The summed E-state index contributed by atoms with van der Waals surface area (Å²) in [4.78, 5) is 40.1. The Kier molecular flexibility index (Phi) is 5.42. The Morgan fingerprint density at radius 2 is 1.94 bits per heavy atom. The fourth-order valence-electron chi connectivity index (χ4n) is 6.18. The lowest BCUT2D eigenvalue weighted by Crippen LogP contribution is -2.52. The SMILES string of the molecule is CC1(C)CCC[C@H](NC(=O)[C@@H]2C[C@@]3(CO)C[C@H]3N2C(=O)Cn2nc(C(=O)O)c3ccccc32)C1. The van der Waals surface area contributed by atoms with Crippen LogP contribution in [-0.4, -0.2) is 67.4 Å². The van der Waals surface area contributed by atoms with Crippen LogP contribution in [0.15, 0.2) is 24.3 Å². The number of aliphatic hydroxyl groups is 1. The summed E-state index contributed by atoms with van der Waals surface area (Å²) in [5, 5.41) is 27.3. The summed E-state index contributed by atoms with van der Waals surface area (Å²) in [6.45, 7) is 4.21. The number of benzene rings is 1. The first kappa shape index (κ1) is 22.8. The molecule has 9 heteroatoms. The summed E-state index contributed by atoms with van der Waals surface area (Å²) in [6, 6.07) is 6.18. The van der Waals surface area contributed by atoms with Crippen LogP contribution in [-0.2, 0) is 16.1 Å². The largest absolute Gasteiger partial charge is 0.476 e. The molecule has 1 saturated heterocycles. The summed E-state index contributed by atoms with van der Waals surface area (Å²) < 4.78 is 1.40. The third kappa shape index (κ3) is 3.85. The van der Waals surface area contributed by atoms with Crippen molar-refractivity contribution in [1.82, 2.24) is 20.0 Å². The van der Waals surface area contributed by atoms with Gasteiger partial charge in [0, 0.05) is 22.9 Å². The van der Waals surface area contributed by atoms with Gasteiger partial charge in [0.25, 0.3) is 0 Å². The Bertz CT molecular complexity index is 1160. The van der Waals surface area contributed by atoms with Crippen LogP contribution in [0.25, 0.3) is 10.9 Å². The van der Waals surface area contributed by atoms with E-state index in [0.717, 1.165) is 25.7 Å². The van der Waals surface area contributed by atoms with Crippen LogP contribution in [0.1, 0.15) is 62.9 Å². The average molecular weight is 469 g/mol. The monoisotopic (exact) mass is 468 g/mol. The van der Waals surface area contributed by atoms with Crippen molar-refractivity contribution in [3.63, 3.8) is 0 Å². The van der Waals surface area contributed by atoms with Gasteiger partial charge in [-0.25, -0.2) is 4.79 Å². The molecule has 2 heterocycles. The Morgan fingerprint density at radius 3 is 2.65 bits per heavy atom. The minimum absolute atomic E-state index is 0.0600. The van der Waals surface area contributed by atoms with E-state index < -0.39 is 17.4 Å². The van der Waals surface area contributed by atoms with Crippen molar-refractivity contribution in [2.75, 3.05) is 6.61 Å². The summed E-state index contributed by atoms with van der Waals surface area (Å²) in [7, 11) is 0. The van der Waals surface area contributed by atoms with Crippen LogP contribution in [0.2, 0.25) is 0 Å². The van der Waals surface area contributed by atoms with Gasteiger partial charge in [0.05, 0.1) is 12.1 Å². The molecule has 1 aliphatic heterocycles. The Balaban J connectivity index is 1.37. The van der Waals surface area contributed by atoms with Gasteiger partial charge in [-0.05, 0) is 43.6 Å². The number of hydrogen-bond donors (Lipinski definition) is 3. The molecule has 0 unspecified atom stereocenters. The molecule has 0 spiro atoms. The molecular formula is C25H32N4O5. The van der Waals surface area contributed by atoms with Gasteiger partial charge in [-0.15, -0.1) is 0 Å². The summed E-state index contributed by atoms with van der Waals surface area (Å²) in [5.74, 6) is -1.60. The number of piperidine rings is 1. The summed E-state index contributed by atoms with van der Waals surface area (Å²) >= 11 is 0. The van der Waals surface area contributed by atoms with E-state index in [2.05, 4.69) is 24.3 Å². The molecule has 34 heavy (non-hydrogen) atoms. The van der Waals surface area contributed by atoms with Gasteiger partial charge in [-0.3, -0.25) is 14.3 Å². The van der Waals surface area contributed by atoms with E-state index in [1.165, 1.54) is 4.68 Å². The van der Waals surface area contributed by atoms with Crippen LogP contribution in [0.3, 0.4) is 0 Å². The van der Waals surface area contributed by atoms with Crippen molar-refractivity contribution in [2.45, 2.75) is 77.0 Å². The fraction of sp³-hybridized carbons (Fsp3) is 0.600. The second kappa shape index (κ2) is 8.08. The third-order valence-corrected chi connectivity index (χ3v) is 8.02. The maximum Gasteiger partial charge on any atom is 0.357 e. The number of carboxylic acids is 1. The molecule has 1 aromatic heterocycles. The Morgan fingerprint density at radius 1 is 1.18 bits per heavy atom. The summed E-state index contributed by atoms with van der Waals surface area (Å²) in [6.07, 6.45) is 5.16. The van der Waals surface area contributed by atoms with E-state index >= 15 is 0 Å². The van der Waals surface area contributed by atoms with Crippen LogP contribution in [0.4, 0.5) is 0 Å². The summed E-state index contributed by atoms with van der Waals surface area (Å²) in [5.41, 5.74) is 0.220. The number of carbonyl (C=O) groups is 3. The van der Waals surface area contributed by atoms with Gasteiger partial charge >= 0.3 is 5.97 Å². The van der Waals surface area contributed by atoms with E-state index in [9.17, 15) is 24.6 Å². The zero-order valence-corrected chi connectivity index (χ0v) is 19.7. The highest BCUT2D eigenvalue weighted by Gasteiger charge is 2.67. The first-order valence-corrected chi connectivity index (χ1v) is 12.1. The second-order valence-electron chi connectivity index (χ2n) is 11.1. The number of aromatic carboxylic acids is 1. The van der Waals surface area contributed by atoms with E-state index in [4.69, 9.17) is 0 Å². The van der Waals surface area contributed by atoms with Crippen molar-refractivity contribution in [3.8, 4) is 0 Å². The normalized spacial score (nSPS) is 29.6. The Labute approximate surface area is 198 Å². The third-order valence-electron chi connectivity index (χ3n) is 8.02. The molecule has 2 aromatic rings. The van der Waals surface area contributed by atoms with E-state index in [0.29, 0.717) is 23.7 Å². The van der Waals surface area contributed by atoms with Crippen molar-refractivity contribution in [3.05, 3.63) is 30.0 Å². The average Bonchev–Trinajstić information content (AvgIpc) is 3.21. The van der Waals surface area contributed by atoms with Gasteiger partial charge in [-0.1, -0.05) is 38.5 Å². The number of nitrogens with zero attached hydrogens (tertiary/aromatic N) is 3. The number of hydrogen-bond acceptors (Lipinski definition) is 5. The number of nitrogens with one attached hydrogen (secondary N) is 1. The maximum absolute atomic E-state index is 13.5. The predicted octanol–water partition coefficient (Wildman–Crippen LogP) is 2.17. The van der Waals surface area contributed by atoms with Crippen molar-refractivity contribution >= 4 is 28.7 Å². The zero-order chi connectivity index (χ0) is 24.3. The molecule has 3 fully saturated rings. The molecule has 5 rings (SSSR count). The number of likely N-dealkylation sites (tertiary alicyclic amines) is 1. The minimum Gasteiger partial charge on any atom is -0.476 e. The van der Waals surface area contributed by atoms with Gasteiger partial charge in [0.1, 0.15) is 12.6 Å². The van der Waals surface area contributed by atoms with E-state index in [1.54, 1.807) is 29.2 Å². The number of carbonyl (C=O) groups excluding carboxylic acids is 2. The molecule has 3 N–H and O–H groups in total. The molecule has 4 atom stereocenters. The lowest BCUT2D eigenvalue weighted by molar-refractivity contribution is -0.140. The van der Waals surface area contributed by atoms with Crippen molar-refractivity contribution in [2.24, 2.45) is 10.8 Å². The van der Waals surface area contributed by atoms with E-state index in [-0.39, 0.29) is 48.2 Å². The van der Waals surface area contributed by atoms with Gasteiger partial charge in [0.2, 0.25) is 11.8 Å². The molecule has 182 valence electrons. The smallest absolute Gasteiger partial charge is 0.357 e. The first-order chi connectivity index (χ1) is 16.1. The molecule has 0 bridgehead atoms. The second-order valence-corrected chi connectivity index (χ2v) is 11.1. The van der Waals surface area contributed by atoms with Crippen LogP contribution in [0.5, 0.6) is 0 Å². The number of rotatable bonds is 6. The van der Waals surface area contributed by atoms with Crippen LogP contribution >= 0.6 is 0 Å². The van der Waals surface area contributed by atoms with Crippen molar-refractivity contribution < 1.29 is 24.6 Å². The molecule has 2 aliphatic carbocycles. The molecule has 2 amide bonds. The van der Waals surface area contributed by atoms with Gasteiger partial charge < -0.3 is 20.4 Å². The molecule has 9 nitrogen and oxygen atoms in total. The molecule has 1 aromatic carbocycles. The van der Waals surface area contributed by atoms with Crippen molar-refractivity contribution in [1.29, 1.82) is 0 Å². The van der Waals surface area contributed by atoms with Crippen LogP contribution < -0.4 is 5.32 Å². The highest BCUT2D eigenvalue weighted by atomic mass is 16.4. The molecule has 2 saturated carbocycles. The zero-order valence-electron chi connectivity index (χ0n) is 19.7. The standard InChI is InChI=1S/C25H32N4O5/c1-24(2)9-5-6-15(10-24)26-22(32)18-11-25(14-30)12-19(25)29(18)20(31)13-28-17-8-4-3-7-16(17)21(27-28)23(33)34/h3-4,7-8,15,18-19,30H,5-6,9-14H2,1-2H3,(H,26,32)(H,33,34)/t15-,18-,19+,25-/m0/s1. The number of fused-ring (bicyclic) bond motifs is 2. The van der Waals surface area contributed by atoms with Gasteiger partial charge in [0.15, 0.2) is 5.69 Å². The van der Waals surface area contributed by atoms with Gasteiger partial charge in [-0.2, -0.15) is 5.10 Å². The van der Waals surface area contributed by atoms with E-state index in [1.807, 2.05) is 0 Å². The maximum atomic E-state index is 13.5. The molecular weight excluding hydrogens is 436 g/mol. The quantitative estimate of drug-likeness (QED) is 0.597. The number of para-hydroxylation sites is 1. The molecule has 3 aliphatic rings. The lowest BCUT2D eigenvalue weighted by Gasteiger charge is -2.37. The highest BCUT2D eigenvalue weighted by Crippen LogP contribution is 2.59. The fourth-order valence-corrected chi connectivity index (χ4v) is 6.18. The topological polar surface area (TPSA) is 125 Å². The molecule has 0 radical (unpaired) electrons. The number of amides is 2. The lowest BCUT2D eigenvalue weighted by atomic mass is 9.75. The highest BCUT2D eigenvalue weighted by molar-refractivity contribution is 6.01. The minimum atomic E-state index is -1.15. The predicted molar refractivity (Wildman–Crippen MR) is 124 cm³/mol. The number of aromatic nitrogens is 2.